The van der Waals surface area contributed by atoms with E-state index in [1.807, 2.05) is 12.2 Å². The Kier molecular flexibility index (Phi) is 6.89. The summed E-state index contributed by atoms with van der Waals surface area (Å²) in [6, 6.07) is 0. The van der Waals surface area contributed by atoms with Crippen molar-refractivity contribution >= 4 is 11.8 Å². The molecule has 0 aromatic rings. The monoisotopic (exact) mass is 138 g/mol. The van der Waals surface area contributed by atoms with Gasteiger partial charge in [-0.15, -0.1) is 11.5 Å². The van der Waals surface area contributed by atoms with Crippen LogP contribution < -0.4 is 0 Å². The molecule has 0 N–H and O–H groups in total. The Hall–Kier alpha value is -0.610. The number of hydrogen-bond donors (Lipinski definition) is 0. The van der Waals surface area contributed by atoms with Crippen LogP contribution in [-0.2, 0) is 0 Å². The highest BCUT2D eigenvalue weighted by molar-refractivity contribution is 7.99. The van der Waals surface area contributed by atoms with Gasteiger partial charge in [-0.2, -0.15) is 11.8 Å². The van der Waals surface area contributed by atoms with Gasteiger partial charge in [0.1, 0.15) is 0 Å². The third-order valence-corrected chi connectivity index (χ3v) is 1.50. The van der Waals surface area contributed by atoms with Gasteiger partial charge in [0.15, 0.2) is 0 Å². The molecular weight excluding hydrogens is 128 g/mol. The van der Waals surface area contributed by atoms with Gasteiger partial charge in [0, 0.05) is 11.5 Å². The van der Waals surface area contributed by atoms with Crippen molar-refractivity contribution in [1.29, 1.82) is 0 Å². The van der Waals surface area contributed by atoms with Crippen LogP contribution in [0.25, 0.3) is 0 Å². The van der Waals surface area contributed by atoms with Crippen LogP contribution >= 0.6 is 11.8 Å². The Bertz CT molecular complexity index is 128. The lowest BCUT2D eigenvalue weighted by Gasteiger charge is -1.84. The van der Waals surface area contributed by atoms with Crippen LogP contribution in [-0.4, -0.2) is 11.5 Å². The number of hydrogen-bond acceptors (Lipinski definition) is 1. The molecule has 9 heavy (non-hydrogen) atoms. The molecule has 0 fully saturated rings. The van der Waals surface area contributed by atoms with Crippen LogP contribution in [0.3, 0.4) is 0 Å². The highest BCUT2D eigenvalue weighted by Gasteiger charge is 1.75. The normalized spacial score (nSPS) is 7.11. The van der Waals surface area contributed by atoms with Crippen LogP contribution in [0.5, 0.6) is 0 Å². The van der Waals surface area contributed by atoms with Gasteiger partial charge in [0.25, 0.3) is 0 Å². The molecule has 0 aliphatic rings. The SMILES string of the molecule is C=C=CCSCC=C=C. The Morgan fingerprint density at radius 2 is 1.56 bits per heavy atom. The molecule has 0 saturated heterocycles. The predicted molar refractivity (Wildman–Crippen MR) is 44.7 cm³/mol. The minimum absolute atomic E-state index is 0.974. The Morgan fingerprint density at radius 3 is 1.89 bits per heavy atom. The molecule has 0 aromatic carbocycles. The lowest BCUT2D eigenvalue weighted by atomic mass is 10.7. The molecule has 0 amide bonds. The topological polar surface area (TPSA) is 0 Å². The third-order valence-electron chi connectivity index (χ3n) is 0.691. The highest BCUT2D eigenvalue weighted by atomic mass is 32.2. The fraction of sp³-hybridized carbons (Fsp3) is 0.250. The van der Waals surface area contributed by atoms with Gasteiger partial charge in [-0.05, 0) is 12.2 Å². The second-order valence-corrected chi connectivity index (χ2v) is 2.43. The molecule has 0 nitrogen and oxygen atoms in total. The molecule has 48 valence electrons. The van der Waals surface area contributed by atoms with E-state index in [0.29, 0.717) is 0 Å². The van der Waals surface area contributed by atoms with E-state index >= 15 is 0 Å². The van der Waals surface area contributed by atoms with Crippen molar-refractivity contribution in [2.75, 3.05) is 11.5 Å². The largest absolute Gasteiger partial charge is 0.152 e. The second-order valence-electron chi connectivity index (χ2n) is 1.35. The minimum Gasteiger partial charge on any atom is -0.152 e. The molecule has 0 atom stereocenters. The predicted octanol–water partition coefficient (Wildman–Crippen LogP) is 2.40. The summed E-state index contributed by atoms with van der Waals surface area (Å²) in [5.74, 6) is 1.95. The van der Waals surface area contributed by atoms with E-state index in [2.05, 4.69) is 24.6 Å². The summed E-state index contributed by atoms with van der Waals surface area (Å²) in [6.45, 7) is 6.89. The van der Waals surface area contributed by atoms with Crippen LogP contribution in [0.1, 0.15) is 0 Å². The average molecular weight is 138 g/mol. The third kappa shape index (κ3) is 7.39. The van der Waals surface area contributed by atoms with E-state index in [1.54, 1.807) is 11.8 Å². The van der Waals surface area contributed by atoms with Gasteiger partial charge in [-0.1, -0.05) is 13.2 Å². The summed E-state index contributed by atoms with van der Waals surface area (Å²) in [7, 11) is 0. The average Bonchev–Trinajstić information content (AvgIpc) is 1.89. The first-order valence-corrected chi connectivity index (χ1v) is 3.83. The number of thioether (sulfide) groups is 1. The van der Waals surface area contributed by atoms with E-state index in [0.717, 1.165) is 11.5 Å². The molecule has 0 radical (unpaired) electrons. The molecule has 0 aliphatic carbocycles. The lowest BCUT2D eigenvalue weighted by molar-refractivity contribution is 1.73. The zero-order chi connectivity index (χ0) is 6.95. The fourth-order valence-electron chi connectivity index (χ4n) is 0.304. The molecule has 0 heterocycles. The van der Waals surface area contributed by atoms with Gasteiger partial charge in [0.2, 0.25) is 0 Å². The van der Waals surface area contributed by atoms with Crippen LogP contribution in [0.15, 0.2) is 36.8 Å². The second kappa shape index (κ2) is 7.39. The van der Waals surface area contributed by atoms with E-state index in [4.69, 9.17) is 0 Å². The van der Waals surface area contributed by atoms with Gasteiger partial charge < -0.3 is 0 Å². The van der Waals surface area contributed by atoms with Crippen molar-refractivity contribution in [2.24, 2.45) is 0 Å². The molecular formula is C8H10S. The summed E-state index contributed by atoms with van der Waals surface area (Å²) < 4.78 is 0. The summed E-state index contributed by atoms with van der Waals surface area (Å²) in [4.78, 5) is 0. The first-order valence-electron chi connectivity index (χ1n) is 2.68. The van der Waals surface area contributed by atoms with Crippen molar-refractivity contribution in [3.63, 3.8) is 0 Å². The van der Waals surface area contributed by atoms with Crippen molar-refractivity contribution in [3.8, 4) is 0 Å². The standard InChI is InChI=1S/C8H10S/c1-3-5-7-9-8-6-4-2/h5-6H,1-2,7-8H2. The van der Waals surface area contributed by atoms with Crippen LogP contribution in [0, 0.1) is 0 Å². The molecule has 0 rings (SSSR count). The summed E-state index contributed by atoms with van der Waals surface area (Å²) >= 11 is 1.79. The van der Waals surface area contributed by atoms with Crippen molar-refractivity contribution in [1.82, 2.24) is 0 Å². The first kappa shape index (κ1) is 8.39. The Morgan fingerprint density at radius 1 is 1.11 bits per heavy atom. The molecule has 0 aromatic heterocycles. The van der Waals surface area contributed by atoms with Gasteiger partial charge in [0.05, 0.1) is 0 Å². The van der Waals surface area contributed by atoms with E-state index < -0.39 is 0 Å². The molecule has 0 spiro atoms. The van der Waals surface area contributed by atoms with E-state index in [9.17, 15) is 0 Å². The zero-order valence-corrected chi connectivity index (χ0v) is 6.21. The summed E-state index contributed by atoms with van der Waals surface area (Å²) in [6.07, 6.45) is 3.81. The molecule has 0 aliphatic heterocycles. The fourth-order valence-corrected chi connectivity index (χ4v) is 0.911. The van der Waals surface area contributed by atoms with Gasteiger partial charge >= 0.3 is 0 Å². The smallest absolute Gasteiger partial charge is 0.0192 e. The van der Waals surface area contributed by atoms with Crippen molar-refractivity contribution in [3.05, 3.63) is 36.8 Å². The maximum Gasteiger partial charge on any atom is 0.0192 e. The molecule has 0 saturated carbocycles. The molecule has 0 bridgehead atoms. The quantitative estimate of drug-likeness (QED) is 0.424. The van der Waals surface area contributed by atoms with Crippen molar-refractivity contribution in [2.45, 2.75) is 0 Å². The minimum atomic E-state index is 0.974. The van der Waals surface area contributed by atoms with E-state index in [1.165, 1.54) is 0 Å². The highest BCUT2D eigenvalue weighted by Crippen LogP contribution is 1.98. The van der Waals surface area contributed by atoms with Gasteiger partial charge in [-0.25, -0.2) is 0 Å². The van der Waals surface area contributed by atoms with Gasteiger partial charge in [-0.3, -0.25) is 0 Å². The Balaban J connectivity index is 3.09. The van der Waals surface area contributed by atoms with Crippen molar-refractivity contribution < 1.29 is 0 Å². The zero-order valence-electron chi connectivity index (χ0n) is 5.39. The molecule has 1 heteroatoms. The maximum atomic E-state index is 3.45. The van der Waals surface area contributed by atoms with Crippen LogP contribution in [0.2, 0.25) is 0 Å². The van der Waals surface area contributed by atoms with E-state index in [-0.39, 0.29) is 0 Å². The molecule has 0 unspecified atom stereocenters. The lowest BCUT2D eigenvalue weighted by Crippen LogP contribution is -1.70. The van der Waals surface area contributed by atoms with Crippen LogP contribution in [0.4, 0.5) is 0 Å². The summed E-state index contributed by atoms with van der Waals surface area (Å²) in [5.41, 5.74) is 5.40. The maximum absolute atomic E-state index is 3.45. The summed E-state index contributed by atoms with van der Waals surface area (Å²) in [5, 5.41) is 0. The number of rotatable bonds is 4. The first-order chi connectivity index (χ1) is 4.41. The Labute approximate surface area is 60.7 Å².